The minimum absolute atomic E-state index is 0.186. The smallest absolute Gasteiger partial charge is 0.270 e. The molecule has 3 rings (SSSR count). The van der Waals surface area contributed by atoms with Crippen molar-refractivity contribution in [3.63, 3.8) is 0 Å². The maximum absolute atomic E-state index is 12.6. The fraction of sp³-hybridized carbons (Fsp3) is 0.235. The van der Waals surface area contributed by atoms with Gasteiger partial charge in [-0.1, -0.05) is 18.2 Å². The first-order valence-corrected chi connectivity index (χ1v) is 7.55. The Morgan fingerprint density at radius 2 is 2.04 bits per heavy atom. The van der Waals surface area contributed by atoms with Crippen molar-refractivity contribution in [2.75, 3.05) is 12.1 Å². The van der Waals surface area contributed by atoms with Crippen LogP contribution in [0.4, 0.5) is 5.69 Å². The maximum atomic E-state index is 12.6. The fourth-order valence-corrected chi connectivity index (χ4v) is 2.61. The summed E-state index contributed by atoms with van der Waals surface area (Å²) >= 11 is 0. The van der Waals surface area contributed by atoms with E-state index in [1.54, 1.807) is 25.4 Å². The summed E-state index contributed by atoms with van der Waals surface area (Å²) in [5.74, 6) is -0.0917. The second-order valence-corrected chi connectivity index (χ2v) is 5.59. The van der Waals surface area contributed by atoms with Crippen molar-refractivity contribution in [1.82, 2.24) is 4.90 Å². The highest BCUT2D eigenvalue weighted by Crippen LogP contribution is 2.25. The Labute approximate surface area is 139 Å². The first-order valence-electron chi connectivity index (χ1n) is 7.55. The molecular formula is C17H18N4O3. The van der Waals surface area contributed by atoms with Gasteiger partial charge >= 0.3 is 0 Å². The third kappa shape index (κ3) is 3.15. The van der Waals surface area contributed by atoms with E-state index in [-0.39, 0.29) is 12.3 Å². The number of nitrogens with zero attached hydrogens (tertiary/aromatic N) is 3. The van der Waals surface area contributed by atoms with E-state index < -0.39 is 11.9 Å². The Balaban J connectivity index is 1.80. The van der Waals surface area contributed by atoms with E-state index in [0.29, 0.717) is 18.0 Å². The van der Waals surface area contributed by atoms with Crippen molar-refractivity contribution in [3.05, 3.63) is 54.5 Å². The van der Waals surface area contributed by atoms with Crippen LogP contribution in [0, 0.1) is 0 Å². The number of benzene rings is 1. The zero-order valence-electron chi connectivity index (χ0n) is 13.3. The summed E-state index contributed by atoms with van der Waals surface area (Å²) in [4.78, 5) is 25.8. The van der Waals surface area contributed by atoms with Gasteiger partial charge in [-0.05, 0) is 24.3 Å². The first-order chi connectivity index (χ1) is 11.6. The molecule has 0 spiro atoms. The molecule has 1 aromatic heterocycles. The summed E-state index contributed by atoms with van der Waals surface area (Å²) in [5, 5.41) is 5.85. The SMILES string of the molecule is CN(Cc1ccco1)C(=O)C1=NN(c2ccccc2)[C@H](C(N)=O)C1. The molecule has 1 aliphatic rings. The van der Waals surface area contributed by atoms with E-state index in [1.165, 1.54) is 9.91 Å². The number of para-hydroxylation sites is 1. The summed E-state index contributed by atoms with van der Waals surface area (Å²) < 4.78 is 5.25. The van der Waals surface area contributed by atoms with Gasteiger partial charge in [0.05, 0.1) is 18.5 Å². The lowest BCUT2D eigenvalue weighted by Gasteiger charge is -2.20. The topological polar surface area (TPSA) is 92.1 Å². The number of hydrogen-bond acceptors (Lipinski definition) is 5. The van der Waals surface area contributed by atoms with Crippen molar-refractivity contribution >= 4 is 23.2 Å². The number of rotatable bonds is 5. The zero-order chi connectivity index (χ0) is 17.1. The quantitative estimate of drug-likeness (QED) is 0.898. The van der Waals surface area contributed by atoms with Gasteiger partial charge in [-0.15, -0.1) is 0 Å². The number of anilines is 1. The Morgan fingerprint density at radius 1 is 1.29 bits per heavy atom. The highest BCUT2D eigenvalue weighted by Gasteiger charge is 2.35. The molecule has 1 atom stereocenters. The van der Waals surface area contributed by atoms with Gasteiger partial charge in [0.2, 0.25) is 5.91 Å². The minimum atomic E-state index is -0.664. The normalized spacial score (nSPS) is 16.8. The molecule has 7 heteroatoms. The predicted molar refractivity (Wildman–Crippen MR) is 89.1 cm³/mol. The molecule has 7 nitrogen and oxygen atoms in total. The third-order valence-electron chi connectivity index (χ3n) is 3.83. The molecule has 0 saturated heterocycles. The van der Waals surface area contributed by atoms with E-state index in [9.17, 15) is 9.59 Å². The fourth-order valence-electron chi connectivity index (χ4n) is 2.61. The predicted octanol–water partition coefficient (Wildman–Crippen LogP) is 1.36. The van der Waals surface area contributed by atoms with Gasteiger partial charge in [0, 0.05) is 13.5 Å². The molecule has 2 aromatic rings. The minimum Gasteiger partial charge on any atom is -0.467 e. The summed E-state index contributed by atoms with van der Waals surface area (Å²) in [6, 6.07) is 12.1. The van der Waals surface area contributed by atoms with Crippen molar-refractivity contribution in [1.29, 1.82) is 0 Å². The Bertz CT molecular complexity index is 755. The first kappa shape index (κ1) is 15.8. The van der Waals surface area contributed by atoms with Crippen LogP contribution in [0.1, 0.15) is 12.2 Å². The Kier molecular flexibility index (Phi) is 4.33. The van der Waals surface area contributed by atoms with Crippen molar-refractivity contribution < 1.29 is 14.0 Å². The van der Waals surface area contributed by atoms with E-state index in [4.69, 9.17) is 10.2 Å². The lowest BCUT2D eigenvalue weighted by Crippen LogP contribution is -2.40. The number of hydrazone groups is 1. The molecule has 0 saturated carbocycles. The van der Waals surface area contributed by atoms with Gasteiger partial charge in [-0.3, -0.25) is 14.6 Å². The van der Waals surface area contributed by atoms with Crippen LogP contribution >= 0.6 is 0 Å². The lowest BCUT2D eigenvalue weighted by atomic mass is 10.1. The summed E-state index contributed by atoms with van der Waals surface area (Å²) in [6.45, 7) is 0.331. The number of nitrogens with two attached hydrogens (primary N) is 1. The molecule has 2 heterocycles. The van der Waals surface area contributed by atoms with Gasteiger partial charge in [-0.25, -0.2) is 0 Å². The molecule has 124 valence electrons. The molecule has 0 unspecified atom stereocenters. The van der Waals surface area contributed by atoms with Crippen molar-refractivity contribution in [2.24, 2.45) is 10.8 Å². The Hall–Kier alpha value is -3.09. The van der Waals surface area contributed by atoms with Crippen LogP contribution in [0.5, 0.6) is 0 Å². The molecule has 2 N–H and O–H groups in total. The van der Waals surface area contributed by atoms with Gasteiger partial charge in [-0.2, -0.15) is 5.10 Å². The molecule has 0 aliphatic carbocycles. The van der Waals surface area contributed by atoms with Crippen LogP contribution in [-0.4, -0.2) is 35.5 Å². The average Bonchev–Trinajstić information content (AvgIpc) is 3.24. The zero-order valence-corrected chi connectivity index (χ0v) is 13.3. The van der Waals surface area contributed by atoms with E-state index in [0.717, 1.165) is 5.69 Å². The van der Waals surface area contributed by atoms with Crippen LogP contribution in [0.15, 0.2) is 58.2 Å². The van der Waals surface area contributed by atoms with Gasteiger partial charge in [0.15, 0.2) is 0 Å². The van der Waals surface area contributed by atoms with Crippen LogP contribution < -0.4 is 10.7 Å². The monoisotopic (exact) mass is 326 g/mol. The second kappa shape index (κ2) is 6.57. The number of primary amides is 1. The summed E-state index contributed by atoms with van der Waals surface area (Å²) in [6.07, 6.45) is 1.74. The van der Waals surface area contributed by atoms with Gasteiger partial charge in [0.25, 0.3) is 5.91 Å². The van der Waals surface area contributed by atoms with E-state index in [2.05, 4.69) is 5.10 Å². The molecule has 2 amide bonds. The lowest BCUT2D eigenvalue weighted by molar-refractivity contribution is -0.123. The summed E-state index contributed by atoms with van der Waals surface area (Å²) in [5.41, 5.74) is 6.50. The number of furan rings is 1. The highest BCUT2D eigenvalue weighted by atomic mass is 16.3. The van der Waals surface area contributed by atoms with Crippen LogP contribution in [0.2, 0.25) is 0 Å². The van der Waals surface area contributed by atoms with E-state index in [1.807, 2.05) is 30.3 Å². The molecule has 24 heavy (non-hydrogen) atoms. The van der Waals surface area contributed by atoms with Crippen LogP contribution in [0.3, 0.4) is 0 Å². The number of carbonyl (C=O) groups is 2. The molecule has 0 bridgehead atoms. The Morgan fingerprint density at radius 3 is 2.67 bits per heavy atom. The van der Waals surface area contributed by atoms with Gasteiger partial charge in [0.1, 0.15) is 17.5 Å². The molecule has 1 aliphatic heterocycles. The molecular weight excluding hydrogens is 308 g/mol. The number of hydrogen-bond donors (Lipinski definition) is 1. The maximum Gasteiger partial charge on any atom is 0.270 e. The van der Waals surface area contributed by atoms with Crippen LogP contribution in [-0.2, 0) is 16.1 Å². The molecule has 1 aromatic carbocycles. The summed E-state index contributed by atoms with van der Waals surface area (Å²) in [7, 11) is 1.66. The number of carbonyl (C=O) groups excluding carboxylic acids is 2. The van der Waals surface area contributed by atoms with Crippen LogP contribution in [0.25, 0.3) is 0 Å². The van der Waals surface area contributed by atoms with E-state index >= 15 is 0 Å². The largest absolute Gasteiger partial charge is 0.467 e. The third-order valence-corrected chi connectivity index (χ3v) is 3.83. The second-order valence-electron chi connectivity index (χ2n) is 5.59. The number of amides is 2. The van der Waals surface area contributed by atoms with Crippen molar-refractivity contribution in [2.45, 2.75) is 19.0 Å². The molecule has 0 fully saturated rings. The van der Waals surface area contributed by atoms with Crippen molar-refractivity contribution in [3.8, 4) is 0 Å². The molecule has 0 radical (unpaired) electrons. The van der Waals surface area contributed by atoms with Gasteiger partial charge < -0.3 is 15.1 Å². The standard InChI is InChI=1S/C17H18N4O3/c1-20(11-13-8-5-9-24-13)17(23)14-10-15(16(18)22)21(19-14)12-6-3-2-4-7-12/h2-9,15H,10-11H2,1H3,(H2,18,22)/t15-/m0/s1. The highest BCUT2D eigenvalue weighted by molar-refractivity contribution is 6.40. The average molecular weight is 326 g/mol.